The van der Waals surface area contributed by atoms with Gasteiger partial charge in [-0.05, 0) is 49.8 Å². The minimum Gasteiger partial charge on any atom is -0.376 e. The average Bonchev–Trinajstić information content (AvgIpc) is 3.13. The maximum absolute atomic E-state index is 12.2. The number of hydrogen-bond donors (Lipinski definition) is 1. The first-order valence-electron chi connectivity index (χ1n) is 7.45. The number of urea groups is 1. The third kappa shape index (κ3) is 3.51. The summed E-state index contributed by atoms with van der Waals surface area (Å²) in [6.45, 7) is 4.39. The summed E-state index contributed by atoms with van der Waals surface area (Å²) in [5, 5.41) is 2.95. The van der Waals surface area contributed by atoms with Crippen LogP contribution in [-0.4, -0.2) is 36.7 Å². The Morgan fingerprint density at radius 1 is 1.40 bits per heavy atom. The summed E-state index contributed by atoms with van der Waals surface area (Å²) in [6.07, 6.45) is 3.79. The van der Waals surface area contributed by atoms with Gasteiger partial charge in [0.15, 0.2) is 0 Å². The second kappa shape index (κ2) is 5.83. The predicted octanol–water partition coefficient (Wildman–Crippen LogP) is 3.03. The molecule has 2 fully saturated rings. The van der Waals surface area contributed by atoms with Crippen LogP contribution in [0.2, 0.25) is 0 Å². The first-order chi connectivity index (χ1) is 9.70. The summed E-state index contributed by atoms with van der Waals surface area (Å²) in [4.78, 5) is 14.0. The van der Waals surface area contributed by atoms with E-state index in [1.54, 1.807) is 0 Å². The van der Waals surface area contributed by atoms with E-state index in [2.05, 4.69) is 5.32 Å². The molecule has 1 aliphatic heterocycles. The van der Waals surface area contributed by atoms with Crippen LogP contribution in [-0.2, 0) is 4.74 Å². The lowest BCUT2D eigenvalue weighted by Crippen LogP contribution is -2.34. The molecular formula is C16H22N2O2. The number of aryl methyl sites for hydroxylation is 1. The number of ether oxygens (including phenoxy) is 1. The number of amides is 2. The quantitative estimate of drug-likeness (QED) is 0.917. The number of rotatable bonds is 4. The molecule has 1 saturated heterocycles. The highest BCUT2D eigenvalue weighted by Gasteiger charge is 2.29. The van der Waals surface area contributed by atoms with Gasteiger partial charge in [0.25, 0.3) is 0 Å². The highest BCUT2D eigenvalue weighted by molar-refractivity contribution is 5.89. The van der Waals surface area contributed by atoms with Gasteiger partial charge in [-0.2, -0.15) is 0 Å². The first kappa shape index (κ1) is 13.4. The van der Waals surface area contributed by atoms with Gasteiger partial charge in [0.05, 0.1) is 6.10 Å². The Labute approximate surface area is 120 Å². The summed E-state index contributed by atoms with van der Waals surface area (Å²) in [7, 11) is 0. The van der Waals surface area contributed by atoms with Gasteiger partial charge in [0.2, 0.25) is 0 Å². The molecule has 1 heterocycles. The Kier molecular flexibility index (Phi) is 3.92. The standard InChI is InChI=1S/C16H22N2O2/c1-12-3-2-4-14(9-12)17-16(19)18-8-7-15(10-18)20-11-13-5-6-13/h2-4,9,13,15H,5-8,10-11H2,1H3,(H,17,19). The second-order valence-electron chi connectivity index (χ2n) is 5.93. The zero-order chi connectivity index (χ0) is 13.9. The smallest absolute Gasteiger partial charge is 0.321 e. The molecule has 2 amide bonds. The van der Waals surface area contributed by atoms with Crippen molar-refractivity contribution in [2.75, 3.05) is 25.0 Å². The fourth-order valence-corrected chi connectivity index (χ4v) is 2.53. The van der Waals surface area contributed by atoms with E-state index in [-0.39, 0.29) is 12.1 Å². The minimum absolute atomic E-state index is 0.0203. The van der Waals surface area contributed by atoms with Crippen LogP contribution in [0, 0.1) is 12.8 Å². The second-order valence-corrected chi connectivity index (χ2v) is 5.93. The Morgan fingerprint density at radius 2 is 2.25 bits per heavy atom. The highest BCUT2D eigenvalue weighted by Crippen LogP contribution is 2.30. The molecule has 108 valence electrons. The summed E-state index contributed by atoms with van der Waals surface area (Å²) in [6, 6.07) is 7.86. The van der Waals surface area contributed by atoms with Crippen LogP contribution in [0.15, 0.2) is 24.3 Å². The molecule has 0 aromatic heterocycles. The van der Waals surface area contributed by atoms with Gasteiger partial charge in [-0.1, -0.05) is 12.1 Å². The summed E-state index contributed by atoms with van der Waals surface area (Å²) < 4.78 is 5.85. The summed E-state index contributed by atoms with van der Waals surface area (Å²) in [5.41, 5.74) is 2.01. The largest absolute Gasteiger partial charge is 0.376 e. The Morgan fingerprint density at radius 3 is 3.00 bits per heavy atom. The molecule has 4 nitrogen and oxygen atoms in total. The molecule has 1 aromatic rings. The predicted molar refractivity (Wildman–Crippen MR) is 78.9 cm³/mol. The van der Waals surface area contributed by atoms with Gasteiger partial charge in [-0.15, -0.1) is 0 Å². The van der Waals surface area contributed by atoms with E-state index < -0.39 is 0 Å². The monoisotopic (exact) mass is 274 g/mol. The molecule has 1 N–H and O–H groups in total. The summed E-state index contributed by atoms with van der Waals surface area (Å²) in [5.74, 6) is 0.783. The number of benzene rings is 1. The van der Waals surface area contributed by atoms with Gasteiger partial charge in [-0.3, -0.25) is 0 Å². The third-order valence-electron chi connectivity index (χ3n) is 3.97. The van der Waals surface area contributed by atoms with Crippen molar-refractivity contribution in [2.24, 2.45) is 5.92 Å². The van der Waals surface area contributed by atoms with Crippen LogP contribution in [0.25, 0.3) is 0 Å². The van der Waals surface area contributed by atoms with E-state index in [4.69, 9.17) is 4.74 Å². The lowest BCUT2D eigenvalue weighted by Gasteiger charge is -2.17. The lowest BCUT2D eigenvalue weighted by atomic mass is 10.2. The van der Waals surface area contributed by atoms with Crippen molar-refractivity contribution >= 4 is 11.7 Å². The van der Waals surface area contributed by atoms with Crippen molar-refractivity contribution in [3.8, 4) is 0 Å². The number of anilines is 1. The molecule has 4 heteroatoms. The molecule has 0 radical (unpaired) electrons. The minimum atomic E-state index is -0.0203. The molecule has 2 aliphatic rings. The third-order valence-corrected chi connectivity index (χ3v) is 3.97. The molecule has 3 rings (SSSR count). The number of hydrogen-bond acceptors (Lipinski definition) is 2. The van der Waals surface area contributed by atoms with Crippen molar-refractivity contribution in [3.05, 3.63) is 29.8 Å². The zero-order valence-corrected chi connectivity index (χ0v) is 12.0. The molecule has 20 heavy (non-hydrogen) atoms. The van der Waals surface area contributed by atoms with E-state index >= 15 is 0 Å². The highest BCUT2D eigenvalue weighted by atomic mass is 16.5. The Bertz CT molecular complexity index is 485. The van der Waals surface area contributed by atoms with Crippen molar-refractivity contribution in [2.45, 2.75) is 32.3 Å². The maximum atomic E-state index is 12.2. The van der Waals surface area contributed by atoms with Gasteiger partial charge in [-0.25, -0.2) is 4.79 Å². The number of nitrogens with zero attached hydrogens (tertiary/aromatic N) is 1. The molecular weight excluding hydrogens is 252 g/mol. The fourth-order valence-electron chi connectivity index (χ4n) is 2.53. The molecule has 1 aliphatic carbocycles. The lowest BCUT2D eigenvalue weighted by molar-refractivity contribution is 0.0543. The number of nitrogens with one attached hydrogen (secondary N) is 1. The van der Waals surface area contributed by atoms with Crippen LogP contribution < -0.4 is 5.32 Å². The fraction of sp³-hybridized carbons (Fsp3) is 0.562. The van der Waals surface area contributed by atoms with E-state index in [0.717, 1.165) is 36.7 Å². The van der Waals surface area contributed by atoms with E-state index in [9.17, 15) is 4.79 Å². The Balaban J connectivity index is 1.47. The van der Waals surface area contributed by atoms with Crippen LogP contribution in [0.4, 0.5) is 10.5 Å². The van der Waals surface area contributed by atoms with Crippen LogP contribution in [0.3, 0.4) is 0 Å². The van der Waals surface area contributed by atoms with Crippen LogP contribution in [0.1, 0.15) is 24.8 Å². The maximum Gasteiger partial charge on any atom is 0.321 e. The summed E-state index contributed by atoms with van der Waals surface area (Å²) >= 11 is 0. The van der Waals surface area contributed by atoms with Crippen molar-refractivity contribution in [1.82, 2.24) is 4.90 Å². The van der Waals surface area contributed by atoms with Gasteiger partial charge < -0.3 is 15.0 Å². The van der Waals surface area contributed by atoms with Crippen LogP contribution in [0.5, 0.6) is 0 Å². The number of carbonyl (C=O) groups excluding carboxylic acids is 1. The molecule has 1 saturated carbocycles. The normalized spacial score (nSPS) is 22.1. The van der Waals surface area contributed by atoms with E-state index in [0.29, 0.717) is 6.54 Å². The molecule has 1 aromatic carbocycles. The molecule has 0 spiro atoms. The van der Waals surface area contributed by atoms with E-state index in [1.165, 1.54) is 12.8 Å². The van der Waals surface area contributed by atoms with Crippen molar-refractivity contribution in [1.29, 1.82) is 0 Å². The van der Waals surface area contributed by atoms with Gasteiger partial charge in [0.1, 0.15) is 0 Å². The number of carbonyl (C=O) groups is 1. The van der Waals surface area contributed by atoms with Crippen molar-refractivity contribution in [3.63, 3.8) is 0 Å². The molecule has 0 bridgehead atoms. The van der Waals surface area contributed by atoms with Gasteiger partial charge >= 0.3 is 6.03 Å². The van der Waals surface area contributed by atoms with Crippen LogP contribution >= 0.6 is 0 Å². The van der Waals surface area contributed by atoms with Crippen molar-refractivity contribution < 1.29 is 9.53 Å². The topological polar surface area (TPSA) is 41.6 Å². The first-order valence-corrected chi connectivity index (χ1v) is 7.45. The zero-order valence-electron chi connectivity index (χ0n) is 12.0. The van der Waals surface area contributed by atoms with Gasteiger partial charge in [0, 0.05) is 25.4 Å². The number of likely N-dealkylation sites (tertiary alicyclic amines) is 1. The molecule has 1 atom stereocenters. The molecule has 1 unspecified atom stereocenters. The average molecular weight is 274 g/mol. The SMILES string of the molecule is Cc1cccc(NC(=O)N2CCC(OCC3CC3)C2)c1. The Hall–Kier alpha value is -1.55. The van der Waals surface area contributed by atoms with E-state index in [1.807, 2.05) is 36.1 Å².